The zero-order chi connectivity index (χ0) is 11.5. The molecule has 0 heterocycles. The molecule has 0 atom stereocenters. The predicted molar refractivity (Wildman–Crippen MR) is 66.1 cm³/mol. The van der Waals surface area contributed by atoms with E-state index >= 15 is 0 Å². The first-order valence-electron chi connectivity index (χ1n) is 5.64. The summed E-state index contributed by atoms with van der Waals surface area (Å²) in [6.45, 7) is 0. The van der Waals surface area contributed by atoms with Gasteiger partial charge in [0.15, 0.2) is 0 Å². The summed E-state index contributed by atoms with van der Waals surface area (Å²) in [6.07, 6.45) is 4.79. The van der Waals surface area contributed by atoms with Crippen LogP contribution in [0.1, 0.15) is 24.0 Å². The average Bonchev–Trinajstić information content (AvgIpc) is 2.28. The van der Waals surface area contributed by atoms with Gasteiger partial charge in [-0.05, 0) is 24.0 Å². The van der Waals surface area contributed by atoms with Crippen molar-refractivity contribution in [2.45, 2.75) is 19.3 Å². The molecule has 0 aromatic heterocycles. The number of aryl methyl sites for hydroxylation is 1. The highest BCUT2D eigenvalue weighted by Gasteiger charge is 2.13. The molecule has 1 amide bonds. The van der Waals surface area contributed by atoms with Gasteiger partial charge in [-0.1, -0.05) is 35.9 Å². The normalized spacial score (nSPS) is 14.0. The van der Waals surface area contributed by atoms with Gasteiger partial charge in [-0.3, -0.25) is 4.79 Å². The fraction of sp³-hybridized carbons (Fsp3) is 0.357. The van der Waals surface area contributed by atoms with E-state index in [9.17, 15) is 4.79 Å². The minimum absolute atomic E-state index is 0.186. The third-order valence-corrected chi connectivity index (χ3v) is 3.01. The summed E-state index contributed by atoms with van der Waals surface area (Å²) in [7, 11) is 3.61. The molecule has 2 nitrogen and oxygen atoms in total. The van der Waals surface area contributed by atoms with Crippen LogP contribution in [0, 0.1) is 0 Å². The first-order chi connectivity index (χ1) is 7.66. The Morgan fingerprint density at radius 2 is 2.00 bits per heavy atom. The predicted octanol–water partition coefficient (Wildman–Crippen LogP) is 2.49. The number of carbonyl (C=O) groups excluding carboxylic acids is 1. The lowest BCUT2D eigenvalue weighted by atomic mass is 9.91. The van der Waals surface area contributed by atoms with E-state index in [4.69, 9.17) is 0 Å². The minimum Gasteiger partial charge on any atom is -0.349 e. The topological polar surface area (TPSA) is 20.3 Å². The van der Waals surface area contributed by atoms with Crippen LogP contribution < -0.4 is 0 Å². The Kier molecular flexibility index (Phi) is 3.09. The van der Waals surface area contributed by atoms with Gasteiger partial charge in [0.25, 0.3) is 0 Å². The lowest BCUT2D eigenvalue weighted by Crippen LogP contribution is -2.22. The molecule has 1 aromatic rings. The molecule has 0 saturated carbocycles. The monoisotopic (exact) mass is 215 g/mol. The maximum Gasteiger partial charge on any atom is 0.226 e. The molecule has 0 aliphatic heterocycles. The van der Waals surface area contributed by atoms with Crippen molar-refractivity contribution in [2.75, 3.05) is 14.1 Å². The summed E-state index contributed by atoms with van der Waals surface area (Å²) in [4.78, 5) is 13.3. The number of benzene rings is 1. The number of rotatable bonds is 2. The van der Waals surface area contributed by atoms with Gasteiger partial charge in [-0.15, -0.1) is 0 Å². The zero-order valence-corrected chi connectivity index (χ0v) is 9.86. The van der Waals surface area contributed by atoms with E-state index in [1.165, 1.54) is 16.7 Å². The molecule has 2 rings (SSSR count). The van der Waals surface area contributed by atoms with Crippen LogP contribution in [-0.2, 0) is 11.2 Å². The molecule has 1 aromatic carbocycles. The van der Waals surface area contributed by atoms with Crippen LogP contribution in [0.25, 0.3) is 6.08 Å². The molecule has 84 valence electrons. The molecule has 2 heteroatoms. The highest BCUT2D eigenvalue weighted by Crippen LogP contribution is 2.25. The second-order valence-electron chi connectivity index (χ2n) is 4.47. The molecular formula is C14H17NO. The van der Waals surface area contributed by atoms with Crippen molar-refractivity contribution >= 4 is 12.0 Å². The van der Waals surface area contributed by atoms with Crippen molar-refractivity contribution in [3.63, 3.8) is 0 Å². The number of nitrogens with zero attached hydrogens (tertiary/aromatic N) is 1. The van der Waals surface area contributed by atoms with Crippen molar-refractivity contribution in [2.24, 2.45) is 0 Å². The number of fused-ring (bicyclic) bond motifs is 1. The largest absolute Gasteiger partial charge is 0.349 e. The maximum atomic E-state index is 11.6. The molecule has 0 spiro atoms. The van der Waals surface area contributed by atoms with Crippen molar-refractivity contribution < 1.29 is 4.79 Å². The second-order valence-corrected chi connectivity index (χ2v) is 4.47. The lowest BCUT2D eigenvalue weighted by molar-refractivity contribution is -0.127. The van der Waals surface area contributed by atoms with Gasteiger partial charge in [-0.2, -0.15) is 0 Å². The average molecular weight is 215 g/mol. The fourth-order valence-electron chi connectivity index (χ4n) is 1.98. The molecule has 1 aliphatic carbocycles. The Morgan fingerprint density at radius 1 is 1.25 bits per heavy atom. The van der Waals surface area contributed by atoms with Crippen molar-refractivity contribution in [1.82, 2.24) is 4.90 Å². The van der Waals surface area contributed by atoms with Crippen LogP contribution in [0.2, 0.25) is 0 Å². The number of amides is 1. The van der Waals surface area contributed by atoms with Gasteiger partial charge in [-0.25, -0.2) is 0 Å². The van der Waals surface area contributed by atoms with E-state index in [2.05, 4.69) is 24.3 Å². The lowest BCUT2D eigenvalue weighted by Gasteiger charge is -2.17. The van der Waals surface area contributed by atoms with Crippen LogP contribution in [0.15, 0.2) is 29.8 Å². The molecule has 1 aliphatic rings. The molecule has 0 radical (unpaired) electrons. The Hall–Kier alpha value is -1.57. The third-order valence-electron chi connectivity index (χ3n) is 3.01. The Labute approximate surface area is 96.6 Å². The van der Waals surface area contributed by atoms with E-state index in [1.54, 1.807) is 19.0 Å². The standard InChI is InChI=1S/C14H17NO/c1-15(2)14(16)10-11-7-8-12-5-3-4-6-13(12)9-11/h3-6,9H,7-8,10H2,1-2H3. The first-order valence-corrected chi connectivity index (χ1v) is 5.64. The van der Waals surface area contributed by atoms with E-state index in [0.717, 1.165) is 12.8 Å². The summed E-state index contributed by atoms with van der Waals surface area (Å²) in [6, 6.07) is 8.40. The molecule has 0 bridgehead atoms. The van der Waals surface area contributed by atoms with E-state index in [0.29, 0.717) is 6.42 Å². The number of hydrogen-bond acceptors (Lipinski definition) is 1. The van der Waals surface area contributed by atoms with Crippen molar-refractivity contribution in [3.05, 3.63) is 41.0 Å². The van der Waals surface area contributed by atoms with Gasteiger partial charge in [0.2, 0.25) is 5.91 Å². The van der Waals surface area contributed by atoms with Gasteiger partial charge in [0.05, 0.1) is 0 Å². The van der Waals surface area contributed by atoms with Crippen LogP contribution >= 0.6 is 0 Å². The Bertz CT molecular complexity index is 432. The summed E-state index contributed by atoms with van der Waals surface area (Å²) < 4.78 is 0. The van der Waals surface area contributed by atoms with Crippen molar-refractivity contribution in [1.29, 1.82) is 0 Å². The fourth-order valence-corrected chi connectivity index (χ4v) is 1.98. The van der Waals surface area contributed by atoms with E-state index < -0.39 is 0 Å². The molecule has 0 fully saturated rings. The summed E-state index contributed by atoms with van der Waals surface area (Å²) in [5, 5.41) is 0. The van der Waals surface area contributed by atoms with E-state index in [-0.39, 0.29) is 5.91 Å². The zero-order valence-electron chi connectivity index (χ0n) is 9.86. The highest BCUT2D eigenvalue weighted by atomic mass is 16.2. The Balaban J connectivity index is 2.15. The molecule has 0 saturated heterocycles. The highest BCUT2D eigenvalue weighted by molar-refractivity contribution is 5.80. The van der Waals surface area contributed by atoms with Crippen LogP contribution in [0.5, 0.6) is 0 Å². The van der Waals surface area contributed by atoms with Crippen LogP contribution in [0.4, 0.5) is 0 Å². The number of carbonyl (C=O) groups is 1. The summed E-state index contributed by atoms with van der Waals surface area (Å²) >= 11 is 0. The van der Waals surface area contributed by atoms with Crippen LogP contribution in [-0.4, -0.2) is 24.9 Å². The quantitative estimate of drug-likeness (QED) is 0.742. The van der Waals surface area contributed by atoms with Gasteiger partial charge < -0.3 is 4.90 Å². The summed E-state index contributed by atoms with van der Waals surface area (Å²) in [5.74, 6) is 0.186. The molecule has 16 heavy (non-hydrogen) atoms. The summed E-state index contributed by atoms with van der Waals surface area (Å²) in [5.41, 5.74) is 3.91. The van der Waals surface area contributed by atoms with Gasteiger partial charge in [0.1, 0.15) is 0 Å². The smallest absolute Gasteiger partial charge is 0.226 e. The molecule has 0 unspecified atom stereocenters. The minimum atomic E-state index is 0.186. The third kappa shape index (κ3) is 2.32. The van der Waals surface area contributed by atoms with E-state index in [1.807, 2.05) is 6.07 Å². The van der Waals surface area contributed by atoms with Gasteiger partial charge >= 0.3 is 0 Å². The maximum absolute atomic E-state index is 11.6. The van der Waals surface area contributed by atoms with Gasteiger partial charge in [0, 0.05) is 20.5 Å². The van der Waals surface area contributed by atoms with Crippen molar-refractivity contribution in [3.8, 4) is 0 Å². The molecular weight excluding hydrogens is 198 g/mol. The Morgan fingerprint density at radius 3 is 2.75 bits per heavy atom. The second kappa shape index (κ2) is 4.52. The SMILES string of the molecule is CN(C)C(=O)CC1=Cc2ccccc2CC1. The first kappa shape index (κ1) is 10.9. The number of hydrogen-bond donors (Lipinski definition) is 0. The van der Waals surface area contributed by atoms with Crippen LogP contribution in [0.3, 0.4) is 0 Å². The molecule has 0 N–H and O–H groups in total.